The lowest BCUT2D eigenvalue weighted by Crippen LogP contribution is -2.19. The molecule has 0 saturated heterocycles. The van der Waals surface area contributed by atoms with Gasteiger partial charge >= 0.3 is 0 Å². The van der Waals surface area contributed by atoms with Crippen molar-refractivity contribution in [1.29, 1.82) is 0 Å². The average Bonchev–Trinajstić information content (AvgIpc) is 2.79. The zero-order valence-corrected chi connectivity index (χ0v) is 19.5. The summed E-state index contributed by atoms with van der Waals surface area (Å²) in [4.78, 5) is 17.2. The minimum atomic E-state index is -4.02. The lowest BCUT2D eigenvalue weighted by Gasteiger charge is -2.16. The Balaban J connectivity index is 1.99. The number of amides is 1. The van der Waals surface area contributed by atoms with Crippen LogP contribution in [0.4, 0.5) is 11.5 Å². The second-order valence-corrected chi connectivity index (χ2v) is 8.62. The average molecular weight is 472 g/mol. The Kier molecular flexibility index (Phi) is 7.39. The Hall–Kier alpha value is -3.79. The number of methoxy groups -OCH3 is 2. The summed E-state index contributed by atoms with van der Waals surface area (Å²) >= 11 is 0. The van der Waals surface area contributed by atoms with Crippen molar-refractivity contribution in [2.45, 2.75) is 18.7 Å². The summed E-state index contributed by atoms with van der Waals surface area (Å²) in [5, 5.41) is 2.68. The molecule has 1 heterocycles. The monoisotopic (exact) mass is 471 g/mol. The molecule has 0 bridgehead atoms. The minimum absolute atomic E-state index is 0.00690. The standard InChI is InChI=1S/C23H25N3O6S/c1-5-32-16-6-8-17(9-7-16)33(28,29)26-19-14-21(31-4)20(30-3)13-18(19)23(27)25-22-12-15(2)10-11-24-22/h6-14,26H,5H2,1-4H3,(H,24,25,27). The number of sulfonamides is 1. The largest absolute Gasteiger partial charge is 0.494 e. The van der Waals surface area contributed by atoms with Crippen LogP contribution in [-0.4, -0.2) is 40.1 Å². The van der Waals surface area contributed by atoms with Crippen molar-refractivity contribution in [3.8, 4) is 17.2 Å². The van der Waals surface area contributed by atoms with Gasteiger partial charge in [0.1, 0.15) is 11.6 Å². The molecule has 10 heteroatoms. The van der Waals surface area contributed by atoms with Crippen LogP contribution in [0.3, 0.4) is 0 Å². The van der Waals surface area contributed by atoms with E-state index in [-0.39, 0.29) is 27.6 Å². The molecular weight excluding hydrogens is 446 g/mol. The molecule has 0 saturated carbocycles. The van der Waals surface area contributed by atoms with Crippen molar-refractivity contribution in [1.82, 2.24) is 4.98 Å². The molecule has 9 nitrogen and oxygen atoms in total. The first-order valence-corrected chi connectivity index (χ1v) is 11.5. The van der Waals surface area contributed by atoms with E-state index in [0.29, 0.717) is 18.2 Å². The highest BCUT2D eigenvalue weighted by Crippen LogP contribution is 2.35. The number of rotatable bonds is 9. The van der Waals surface area contributed by atoms with Gasteiger partial charge in [-0.05, 0) is 61.9 Å². The summed E-state index contributed by atoms with van der Waals surface area (Å²) in [6, 6.07) is 12.2. The molecule has 0 aliphatic rings. The maximum Gasteiger partial charge on any atom is 0.261 e. The highest BCUT2D eigenvalue weighted by Gasteiger charge is 2.22. The fraction of sp³-hybridized carbons (Fsp3) is 0.217. The second-order valence-electron chi connectivity index (χ2n) is 6.94. The summed E-state index contributed by atoms with van der Waals surface area (Å²) in [6.07, 6.45) is 1.56. The second kappa shape index (κ2) is 10.2. The summed E-state index contributed by atoms with van der Waals surface area (Å²) < 4.78 is 44.5. The number of nitrogens with zero attached hydrogens (tertiary/aromatic N) is 1. The van der Waals surface area contributed by atoms with E-state index in [1.54, 1.807) is 30.5 Å². The molecule has 33 heavy (non-hydrogen) atoms. The van der Waals surface area contributed by atoms with Gasteiger partial charge in [-0.15, -0.1) is 0 Å². The van der Waals surface area contributed by atoms with E-state index in [4.69, 9.17) is 14.2 Å². The number of nitrogens with one attached hydrogen (secondary N) is 2. The molecule has 0 radical (unpaired) electrons. The number of hydrogen-bond acceptors (Lipinski definition) is 7. The number of hydrogen-bond donors (Lipinski definition) is 2. The maximum absolute atomic E-state index is 13.1. The maximum atomic E-state index is 13.1. The van der Waals surface area contributed by atoms with Crippen LogP contribution in [-0.2, 0) is 10.0 Å². The summed E-state index contributed by atoms with van der Waals surface area (Å²) in [6.45, 7) is 4.16. The van der Waals surface area contributed by atoms with Gasteiger partial charge in [-0.2, -0.15) is 0 Å². The molecule has 3 aromatic rings. The van der Waals surface area contributed by atoms with Crippen molar-refractivity contribution >= 4 is 27.4 Å². The molecule has 0 unspecified atom stereocenters. The van der Waals surface area contributed by atoms with Crippen molar-refractivity contribution in [3.05, 3.63) is 65.9 Å². The van der Waals surface area contributed by atoms with Crippen LogP contribution in [0.25, 0.3) is 0 Å². The molecule has 0 spiro atoms. The van der Waals surface area contributed by atoms with Gasteiger partial charge in [-0.1, -0.05) is 0 Å². The quantitative estimate of drug-likeness (QED) is 0.487. The van der Waals surface area contributed by atoms with E-state index >= 15 is 0 Å². The van der Waals surface area contributed by atoms with Crippen LogP contribution >= 0.6 is 0 Å². The van der Waals surface area contributed by atoms with Gasteiger partial charge < -0.3 is 19.5 Å². The van der Waals surface area contributed by atoms with Gasteiger partial charge in [0.25, 0.3) is 15.9 Å². The van der Waals surface area contributed by atoms with E-state index < -0.39 is 15.9 Å². The van der Waals surface area contributed by atoms with Gasteiger partial charge in [0, 0.05) is 12.3 Å². The Morgan fingerprint density at radius 3 is 2.27 bits per heavy atom. The van der Waals surface area contributed by atoms with Crippen molar-refractivity contribution < 1.29 is 27.4 Å². The Morgan fingerprint density at radius 1 is 1.00 bits per heavy atom. The highest BCUT2D eigenvalue weighted by molar-refractivity contribution is 7.92. The normalized spacial score (nSPS) is 10.9. The van der Waals surface area contributed by atoms with Crippen LogP contribution in [0.2, 0.25) is 0 Å². The SMILES string of the molecule is CCOc1ccc(S(=O)(=O)Nc2cc(OC)c(OC)cc2C(=O)Nc2cc(C)ccn2)cc1. The van der Waals surface area contributed by atoms with Gasteiger partial charge in [-0.3, -0.25) is 9.52 Å². The molecule has 2 N–H and O–H groups in total. The van der Waals surface area contributed by atoms with Crippen molar-refractivity contribution in [2.24, 2.45) is 0 Å². The molecular formula is C23H25N3O6S. The van der Waals surface area contributed by atoms with Gasteiger partial charge in [0.05, 0.1) is 37.0 Å². The van der Waals surface area contributed by atoms with Crippen LogP contribution in [0, 0.1) is 6.92 Å². The summed E-state index contributed by atoms with van der Waals surface area (Å²) in [7, 11) is -1.19. The molecule has 0 atom stereocenters. The molecule has 0 aliphatic heterocycles. The van der Waals surface area contributed by atoms with Crippen LogP contribution in [0.1, 0.15) is 22.8 Å². The van der Waals surface area contributed by atoms with Gasteiger partial charge in [-0.25, -0.2) is 13.4 Å². The highest BCUT2D eigenvalue weighted by atomic mass is 32.2. The molecule has 3 rings (SSSR count). The first-order chi connectivity index (χ1) is 15.8. The number of anilines is 2. The number of aryl methyl sites for hydroxylation is 1. The van der Waals surface area contributed by atoms with E-state index in [1.807, 2.05) is 13.8 Å². The Labute approximate surface area is 192 Å². The number of benzene rings is 2. The van der Waals surface area contributed by atoms with Crippen LogP contribution in [0.5, 0.6) is 17.2 Å². The minimum Gasteiger partial charge on any atom is -0.494 e. The first-order valence-electron chi connectivity index (χ1n) is 10.0. The van der Waals surface area contributed by atoms with E-state index in [0.717, 1.165) is 5.56 Å². The number of aromatic nitrogens is 1. The van der Waals surface area contributed by atoms with E-state index in [9.17, 15) is 13.2 Å². The number of carbonyl (C=O) groups excluding carboxylic acids is 1. The zero-order valence-electron chi connectivity index (χ0n) is 18.7. The predicted octanol–water partition coefficient (Wildman–Crippen LogP) is 3.86. The Bertz CT molecular complexity index is 1240. The predicted molar refractivity (Wildman–Crippen MR) is 125 cm³/mol. The first kappa shape index (κ1) is 23.9. The molecule has 1 aromatic heterocycles. The smallest absolute Gasteiger partial charge is 0.261 e. The molecule has 0 aliphatic carbocycles. The Morgan fingerprint density at radius 2 is 1.67 bits per heavy atom. The molecule has 174 valence electrons. The number of ether oxygens (including phenoxy) is 3. The topological polar surface area (TPSA) is 116 Å². The lowest BCUT2D eigenvalue weighted by atomic mass is 10.1. The van der Waals surface area contributed by atoms with Crippen LogP contribution < -0.4 is 24.2 Å². The third kappa shape index (κ3) is 5.72. The summed E-state index contributed by atoms with van der Waals surface area (Å²) in [5.74, 6) is 0.831. The van der Waals surface area contributed by atoms with Gasteiger partial charge in [0.15, 0.2) is 11.5 Å². The molecule has 0 fully saturated rings. The third-order valence-electron chi connectivity index (χ3n) is 4.61. The number of carbonyl (C=O) groups is 1. The molecule has 1 amide bonds. The third-order valence-corrected chi connectivity index (χ3v) is 6.00. The van der Waals surface area contributed by atoms with Crippen molar-refractivity contribution in [3.63, 3.8) is 0 Å². The zero-order chi connectivity index (χ0) is 24.0. The van der Waals surface area contributed by atoms with Crippen LogP contribution in [0.15, 0.2) is 59.6 Å². The number of pyridine rings is 1. The fourth-order valence-corrected chi connectivity index (χ4v) is 4.10. The van der Waals surface area contributed by atoms with E-state index in [2.05, 4.69) is 15.0 Å². The van der Waals surface area contributed by atoms with Gasteiger partial charge in [0.2, 0.25) is 0 Å². The van der Waals surface area contributed by atoms with Crippen molar-refractivity contribution in [2.75, 3.05) is 30.9 Å². The fourth-order valence-electron chi connectivity index (χ4n) is 3.02. The molecule has 2 aromatic carbocycles. The van der Waals surface area contributed by atoms with E-state index in [1.165, 1.54) is 38.5 Å². The lowest BCUT2D eigenvalue weighted by molar-refractivity contribution is 0.102. The summed E-state index contributed by atoms with van der Waals surface area (Å²) in [5.41, 5.74) is 0.959.